The Labute approximate surface area is 121 Å². The first-order chi connectivity index (χ1) is 9.97. The van der Waals surface area contributed by atoms with Crippen LogP contribution in [0.25, 0.3) is 0 Å². The van der Waals surface area contributed by atoms with E-state index in [1.807, 2.05) is 0 Å². The van der Waals surface area contributed by atoms with Crippen LogP contribution >= 0.6 is 0 Å². The lowest BCUT2D eigenvalue weighted by atomic mass is 10.1. The number of amides is 1. The average Bonchev–Trinajstić information content (AvgIpc) is 2.48. The molecule has 1 amide bonds. The Balaban J connectivity index is 1.97. The highest BCUT2D eigenvalue weighted by Crippen LogP contribution is 2.13. The number of benzene rings is 2. The molecule has 0 aliphatic rings. The van der Waals surface area contributed by atoms with Crippen LogP contribution in [0.4, 0.5) is 8.78 Å². The minimum Gasteiger partial charge on any atom is -0.387 e. The molecule has 1 unspecified atom stereocenters. The van der Waals surface area contributed by atoms with Crippen molar-refractivity contribution in [2.24, 2.45) is 0 Å². The summed E-state index contributed by atoms with van der Waals surface area (Å²) >= 11 is 0. The van der Waals surface area contributed by atoms with Crippen LogP contribution < -0.4 is 5.32 Å². The first-order valence-corrected chi connectivity index (χ1v) is 6.45. The van der Waals surface area contributed by atoms with Crippen LogP contribution in [0.2, 0.25) is 0 Å². The van der Waals surface area contributed by atoms with Crippen LogP contribution in [0.15, 0.2) is 42.5 Å². The number of aliphatic hydroxyl groups is 1. The molecule has 3 nitrogen and oxygen atoms in total. The predicted octanol–water partition coefficient (Wildman–Crippen LogP) is 2.74. The summed E-state index contributed by atoms with van der Waals surface area (Å²) in [6, 6.07) is 9.42. The molecule has 0 aromatic heterocycles. The minimum absolute atomic E-state index is 0.0130. The number of hydrogen-bond donors (Lipinski definition) is 2. The van der Waals surface area contributed by atoms with Gasteiger partial charge in [-0.3, -0.25) is 4.79 Å². The van der Waals surface area contributed by atoms with E-state index in [2.05, 4.69) is 5.32 Å². The molecule has 110 valence electrons. The molecular formula is C16H15F2NO2. The molecule has 0 radical (unpaired) electrons. The molecule has 2 rings (SSSR count). The molecule has 0 saturated heterocycles. The number of aliphatic hydroxyl groups excluding tert-OH is 1. The predicted molar refractivity (Wildman–Crippen MR) is 74.8 cm³/mol. The Morgan fingerprint density at radius 2 is 1.86 bits per heavy atom. The average molecular weight is 291 g/mol. The summed E-state index contributed by atoms with van der Waals surface area (Å²) in [6.45, 7) is 1.56. The molecule has 0 heterocycles. The van der Waals surface area contributed by atoms with Gasteiger partial charge in [0.2, 0.25) is 0 Å². The molecule has 0 fully saturated rings. The second-order valence-electron chi connectivity index (χ2n) is 4.74. The van der Waals surface area contributed by atoms with Crippen molar-refractivity contribution in [3.8, 4) is 0 Å². The minimum atomic E-state index is -0.934. The monoisotopic (exact) mass is 291 g/mol. The molecule has 1 atom stereocenters. The van der Waals surface area contributed by atoms with E-state index in [9.17, 15) is 18.7 Å². The lowest BCUT2D eigenvalue weighted by molar-refractivity contribution is 0.0916. The normalized spacial score (nSPS) is 12.0. The SMILES string of the molecule is Cc1cc(C(=O)NCC(O)c2ccc(F)cc2)ccc1F. The molecule has 0 aliphatic heterocycles. The van der Waals surface area contributed by atoms with Gasteiger partial charge in [0.1, 0.15) is 11.6 Å². The maximum atomic E-state index is 13.1. The maximum Gasteiger partial charge on any atom is 0.251 e. The maximum absolute atomic E-state index is 13.1. The summed E-state index contributed by atoms with van der Waals surface area (Å²) in [5, 5.41) is 12.5. The summed E-state index contributed by atoms with van der Waals surface area (Å²) in [7, 11) is 0. The zero-order chi connectivity index (χ0) is 15.4. The van der Waals surface area contributed by atoms with Gasteiger partial charge in [0.25, 0.3) is 5.91 Å². The Kier molecular flexibility index (Phi) is 4.65. The number of carbonyl (C=O) groups is 1. The Morgan fingerprint density at radius 3 is 2.48 bits per heavy atom. The number of nitrogens with one attached hydrogen (secondary N) is 1. The number of rotatable bonds is 4. The Morgan fingerprint density at radius 1 is 1.19 bits per heavy atom. The molecule has 0 saturated carbocycles. The number of hydrogen-bond acceptors (Lipinski definition) is 2. The lowest BCUT2D eigenvalue weighted by Gasteiger charge is -2.12. The van der Waals surface area contributed by atoms with Crippen molar-refractivity contribution in [1.29, 1.82) is 0 Å². The summed E-state index contributed by atoms with van der Waals surface area (Å²) in [5.41, 5.74) is 1.20. The van der Waals surface area contributed by atoms with Crippen LogP contribution in [0.3, 0.4) is 0 Å². The summed E-state index contributed by atoms with van der Waals surface area (Å²) < 4.78 is 25.9. The van der Waals surface area contributed by atoms with E-state index in [-0.39, 0.29) is 12.4 Å². The third-order valence-electron chi connectivity index (χ3n) is 3.13. The standard InChI is InChI=1S/C16H15F2NO2/c1-10-8-12(4-7-14(10)18)16(21)19-9-15(20)11-2-5-13(17)6-3-11/h2-8,15,20H,9H2,1H3,(H,19,21). The van der Waals surface area contributed by atoms with Gasteiger partial charge in [-0.15, -0.1) is 0 Å². The zero-order valence-corrected chi connectivity index (χ0v) is 11.4. The van der Waals surface area contributed by atoms with Gasteiger partial charge in [0.05, 0.1) is 6.10 Å². The van der Waals surface area contributed by atoms with E-state index in [0.717, 1.165) is 0 Å². The first-order valence-electron chi connectivity index (χ1n) is 6.45. The summed E-state index contributed by atoms with van der Waals surface area (Å²) in [6.07, 6.45) is -0.934. The van der Waals surface area contributed by atoms with E-state index in [4.69, 9.17) is 0 Å². The van der Waals surface area contributed by atoms with Gasteiger partial charge in [-0.2, -0.15) is 0 Å². The molecule has 0 aliphatic carbocycles. The van der Waals surface area contributed by atoms with Gasteiger partial charge in [0, 0.05) is 12.1 Å². The molecule has 2 N–H and O–H groups in total. The van der Waals surface area contributed by atoms with Crippen molar-refractivity contribution in [2.75, 3.05) is 6.54 Å². The van der Waals surface area contributed by atoms with Crippen molar-refractivity contribution in [1.82, 2.24) is 5.32 Å². The lowest BCUT2D eigenvalue weighted by Crippen LogP contribution is -2.28. The molecule has 5 heteroatoms. The number of aryl methyl sites for hydroxylation is 1. The fraction of sp³-hybridized carbons (Fsp3) is 0.188. The van der Waals surface area contributed by atoms with Crippen LogP contribution in [0.1, 0.15) is 27.6 Å². The highest BCUT2D eigenvalue weighted by Gasteiger charge is 2.12. The first kappa shape index (κ1) is 15.1. The van der Waals surface area contributed by atoms with Gasteiger partial charge < -0.3 is 10.4 Å². The molecule has 21 heavy (non-hydrogen) atoms. The van der Waals surface area contributed by atoms with Crippen molar-refractivity contribution < 1.29 is 18.7 Å². The van der Waals surface area contributed by atoms with Crippen LogP contribution in [-0.2, 0) is 0 Å². The van der Waals surface area contributed by atoms with Gasteiger partial charge in [-0.25, -0.2) is 8.78 Å². The second kappa shape index (κ2) is 6.45. The third kappa shape index (κ3) is 3.86. The van der Waals surface area contributed by atoms with Crippen LogP contribution in [0.5, 0.6) is 0 Å². The third-order valence-corrected chi connectivity index (χ3v) is 3.13. The van der Waals surface area contributed by atoms with Crippen molar-refractivity contribution >= 4 is 5.91 Å². The highest BCUT2D eigenvalue weighted by atomic mass is 19.1. The van der Waals surface area contributed by atoms with E-state index in [0.29, 0.717) is 16.7 Å². The quantitative estimate of drug-likeness (QED) is 0.910. The molecule has 2 aromatic carbocycles. The summed E-state index contributed by atoms with van der Waals surface area (Å²) in [4.78, 5) is 11.9. The van der Waals surface area contributed by atoms with Crippen molar-refractivity contribution in [2.45, 2.75) is 13.0 Å². The van der Waals surface area contributed by atoms with Gasteiger partial charge >= 0.3 is 0 Å². The fourth-order valence-corrected chi connectivity index (χ4v) is 1.88. The highest BCUT2D eigenvalue weighted by molar-refractivity contribution is 5.94. The van der Waals surface area contributed by atoms with Crippen LogP contribution in [-0.4, -0.2) is 17.6 Å². The van der Waals surface area contributed by atoms with E-state index >= 15 is 0 Å². The molecule has 0 bridgehead atoms. The van der Waals surface area contributed by atoms with Gasteiger partial charge in [-0.1, -0.05) is 12.1 Å². The largest absolute Gasteiger partial charge is 0.387 e. The Bertz CT molecular complexity index is 641. The van der Waals surface area contributed by atoms with Crippen molar-refractivity contribution in [3.63, 3.8) is 0 Å². The van der Waals surface area contributed by atoms with E-state index < -0.39 is 17.8 Å². The number of halogens is 2. The van der Waals surface area contributed by atoms with E-state index in [1.165, 1.54) is 42.5 Å². The number of carbonyl (C=O) groups excluding carboxylic acids is 1. The fourth-order valence-electron chi connectivity index (χ4n) is 1.88. The van der Waals surface area contributed by atoms with Crippen LogP contribution in [0, 0.1) is 18.6 Å². The molecule has 2 aromatic rings. The van der Waals surface area contributed by atoms with Gasteiger partial charge in [0.15, 0.2) is 0 Å². The zero-order valence-electron chi connectivity index (χ0n) is 11.4. The van der Waals surface area contributed by atoms with E-state index in [1.54, 1.807) is 6.92 Å². The smallest absolute Gasteiger partial charge is 0.251 e. The Hall–Kier alpha value is -2.27. The second-order valence-corrected chi connectivity index (χ2v) is 4.74. The topological polar surface area (TPSA) is 49.3 Å². The van der Waals surface area contributed by atoms with Crippen molar-refractivity contribution in [3.05, 3.63) is 70.8 Å². The summed E-state index contributed by atoms with van der Waals surface area (Å²) in [5.74, 6) is -1.17. The molecular weight excluding hydrogens is 276 g/mol. The van der Waals surface area contributed by atoms with Gasteiger partial charge in [-0.05, 0) is 48.4 Å². The molecule has 0 spiro atoms.